The second-order valence-electron chi connectivity index (χ2n) is 5.20. The molecule has 1 aliphatic carbocycles. The highest BCUT2D eigenvalue weighted by atomic mass is 16.5. The summed E-state index contributed by atoms with van der Waals surface area (Å²) in [6, 6.07) is 6.37. The largest absolute Gasteiger partial charge is 0.497 e. The summed E-state index contributed by atoms with van der Waals surface area (Å²) in [5.74, 6) is 0.917. The van der Waals surface area contributed by atoms with Gasteiger partial charge < -0.3 is 10.5 Å². The van der Waals surface area contributed by atoms with Crippen LogP contribution in [-0.4, -0.2) is 22.9 Å². The van der Waals surface area contributed by atoms with Crippen LogP contribution in [0, 0.1) is 0 Å². The average molecular weight is 257 g/mol. The molecule has 0 bridgehead atoms. The lowest BCUT2D eigenvalue weighted by Gasteiger charge is -2.20. The summed E-state index contributed by atoms with van der Waals surface area (Å²) in [5, 5.41) is 4.48. The molecule has 0 saturated carbocycles. The van der Waals surface area contributed by atoms with Gasteiger partial charge in [0.1, 0.15) is 5.75 Å². The third-order valence-corrected chi connectivity index (χ3v) is 3.61. The molecule has 1 heterocycles. The first-order valence-corrected chi connectivity index (χ1v) is 6.66. The molecule has 3 rings (SSSR count). The van der Waals surface area contributed by atoms with Gasteiger partial charge in [0.2, 0.25) is 0 Å². The molecule has 4 nitrogen and oxygen atoms in total. The number of aromatic nitrogens is 2. The van der Waals surface area contributed by atoms with Gasteiger partial charge in [0.25, 0.3) is 0 Å². The van der Waals surface area contributed by atoms with E-state index in [0.29, 0.717) is 0 Å². The molecule has 2 aromatic rings. The van der Waals surface area contributed by atoms with Crippen LogP contribution in [-0.2, 0) is 19.4 Å². The summed E-state index contributed by atoms with van der Waals surface area (Å²) in [5.41, 5.74) is 11.0. The van der Waals surface area contributed by atoms with Crippen molar-refractivity contribution in [2.45, 2.75) is 32.4 Å². The molecule has 1 aliphatic rings. The second kappa shape index (κ2) is 4.70. The highest BCUT2D eigenvalue weighted by molar-refractivity contribution is 5.70. The third kappa shape index (κ3) is 2.12. The Hall–Kier alpha value is -1.81. The van der Waals surface area contributed by atoms with Crippen molar-refractivity contribution < 1.29 is 4.74 Å². The fraction of sp³-hybridized carbons (Fsp3) is 0.400. The Morgan fingerprint density at radius 3 is 2.89 bits per heavy atom. The van der Waals surface area contributed by atoms with E-state index in [0.717, 1.165) is 25.1 Å². The molecule has 1 aromatic heterocycles. The highest BCUT2D eigenvalue weighted by Gasteiger charge is 2.21. The Morgan fingerprint density at radius 2 is 2.16 bits per heavy atom. The van der Waals surface area contributed by atoms with Crippen LogP contribution in [0.5, 0.6) is 5.75 Å². The minimum atomic E-state index is 0.104. The number of hydrogen-bond donors (Lipinski definition) is 1. The SMILES string of the molecule is COc1ccc2c(c1)CCc1cnn(C[C@H](C)N)c1-2. The van der Waals surface area contributed by atoms with Crippen LogP contribution in [0.15, 0.2) is 24.4 Å². The second-order valence-corrected chi connectivity index (χ2v) is 5.20. The first-order valence-electron chi connectivity index (χ1n) is 6.66. The van der Waals surface area contributed by atoms with Gasteiger partial charge in [-0.1, -0.05) is 0 Å². The molecule has 0 radical (unpaired) electrons. The van der Waals surface area contributed by atoms with Crippen molar-refractivity contribution in [1.29, 1.82) is 0 Å². The molecule has 19 heavy (non-hydrogen) atoms. The van der Waals surface area contributed by atoms with Crippen LogP contribution in [0.2, 0.25) is 0 Å². The highest BCUT2D eigenvalue weighted by Crippen LogP contribution is 2.35. The van der Waals surface area contributed by atoms with E-state index >= 15 is 0 Å². The molecule has 0 saturated heterocycles. The summed E-state index contributed by atoms with van der Waals surface area (Å²) >= 11 is 0. The molecule has 2 N–H and O–H groups in total. The zero-order valence-electron chi connectivity index (χ0n) is 11.4. The van der Waals surface area contributed by atoms with E-state index in [1.54, 1.807) is 7.11 Å². The monoisotopic (exact) mass is 257 g/mol. The van der Waals surface area contributed by atoms with Crippen LogP contribution in [0.4, 0.5) is 0 Å². The Kier molecular flexibility index (Phi) is 3.03. The molecule has 0 spiro atoms. The van der Waals surface area contributed by atoms with Gasteiger partial charge >= 0.3 is 0 Å². The van der Waals surface area contributed by atoms with Crippen molar-refractivity contribution in [3.05, 3.63) is 35.5 Å². The van der Waals surface area contributed by atoms with Gasteiger partial charge in [0.05, 0.1) is 25.5 Å². The molecule has 0 fully saturated rings. The van der Waals surface area contributed by atoms with Gasteiger partial charge in [-0.15, -0.1) is 0 Å². The lowest BCUT2D eigenvalue weighted by atomic mass is 9.90. The molecule has 1 aromatic carbocycles. The lowest BCUT2D eigenvalue weighted by Crippen LogP contribution is -2.23. The number of methoxy groups -OCH3 is 1. The lowest BCUT2D eigenvalue weighted by molar-refractivity contribution is 0.414. The Balaban J connectivity index is 2.09. The maximum absolute atomic E-state index is 5.90. The van der Waals surface area contributed by atoms with E-state index in [1.165, 1.54) is 22.4 Å². The molecule has 4 heteroatoms. The van der Waals surface area contributed by atoms with Gasteiger partial charge in [0.15, 0.2) is 0 Å². The van der Waals surface area contributed by atoms with E-state index in [9.17, 15) is 0 Å². The molecule has 1 atom stereocenters. The molecule has 0 unspecified atom stereocenters. The number of fused-ring (bicyclic) bond motifs is 3. The third-order valence-electron chi connectivity index (χ3n) is 3.61. The predicted molar refractivity (Wildman–Crippen MR) is 75.3 cm³/mol. The van der Waals surface area contributed by atoms with Gasteiger partial charge in [-0.05, 0) is 49.1 Å². The number of ether oxygens (including phenoxy) is 1. The van der Waals surface area contributed by atoms with Crippen molar-refractivity contribution in [2.24, 2.45) is 5.73 Å². The molecule has 100 valence electrons. The summed E-state index contributed by atoms with van der Waals surface area (Å²) in [6.07, 6.45) is 4.06. The zero-order valence-corrected chi connectivity index (χ0v) is 11.4. The fourth-order valence-corrected chi connectivity index (χ4v) is 2.73. The topological polar surface area (TPSA) is 53.1 Å². The van der Waals surface area contributed by atoms with Crippen LogP contribution >= 0.6 is 0 Å². The first kappa shape index (κ1) is 12.2. The Bertz CT molecular complexity index is 601. The van der Waals surface area contributed by atoms with Crippen LogP contribution in [0.1, 0.15) is 18.1 Å². The molecule has 0 aliphatic heterocycles. The van der Waals surface area contributed by atoms with E-state index in [1.807, 2.05) is 23.9 Å². The summed E-state index contributed by atoms with van der Waals surface area (Å²) < 4.78 is 7.33. The quantitative estimate of drug-likeness (QED) is 0.915. The van der Waals surface area contributed by atoms with Crippen molar-refractivity contribution in [1.82, 2.24) is 9.78 Å². The number of rotatable bonds is 3. The van der Waals surface area contributed by atoms with Gasteiger partial charge in [-0.2, -0.15) is 5.10 Å². The van der Waals surface area contributed by atoms with Crippen molar-refractivity contribution in [3.8, 4) is 17.0 Å². The zero-order chi connectivity index (χ0) is 13.4. The van der Waals surface area contributed by atoms with Gasteiger partial charge in [0, 0.05) is 11.6 Å². The fourth-order valence-electron chi connectivity index (χ4n) is 2.73. The summed E-state index contributed by atoms with van der Waals surface area (Å²) in [7, 11) is 1.70. The first-order chi connectivity index (χ1) is 9.19. The number of nitrogens with two attached hydrogens (primary N) is 1. The minimum absolute atomic E-state index is 0.104. The number of nitrogens with zero attached hydrogens (tertiary/aromatic N) is 2. The predicted octanol–water partition coefficient (Wildman–Crippen LogP) is 2.00. The molecule has 0 amide bonds. The smallest absolute Gasteiger partial charge is 0.119 e. The standard InChI is InChI=1S/C15H19N3O/c1-10(16)9-18-15-12(8-17-18)4-3-11-7-13(19-2)5-6-14(11)15/h5-8,10H,3-4,9,16H2,1-2H3/t10-/m0/s1. The molecular weight excluding hydrogens is 238 g/mol. The van der Waals surface area contributed by atoms with Crippen molar-refractivity contribution in [3.63, 3.8) is 0 Å². The van der Waals surface area contributed by atoms with Crippen LogP contribution in [0.25, 0.3) is 11.3 Å². The van der Waals surface area contributed by atoms with Crippen molar-refractivity contribution >= 4 is 0 Å². The van der Waals surface area contributed by atoms with Gasteiger partial charge in [-0.25, -0.2) is 0 Å². The van der Waals surface area contributed by atoms with Gasteiger partial charge in [-0.3, -0.25) is 4.68 Å². The maximum atomic E-state index is 5.90. The maximum Gasteiger partial charge on any atom is 0.119 e. The Morgan fingerprint density at radius 1 is 1.37 bits per heavy atom. The number of hydrogen-bond acceptors (Lipinski definition) is 3. The molecular formula is C15H19N3O. The van der Waals surface area contributed by atoms with E-state index < -0.39 is 0 Å². The normalized spacial score (nSPS) is 14.7. The van der Waals surface area contributed by atoms with Crippen LogP contribution in [0.3, 0.4) is 0 Å². The van der Waals surface area contributed by atoms with Crippen molar-refractivity contribution in [2.75, 3.05) is 7.11 Å². The number of aryl methyl sites for hydroxylation is 2. The number of benzene rings is 1. The minimum Gasteiger partial charge on any atom is -0.497 e. The summed E-state index contributed by atoms with van der Waals surface area (Å²) in [6.45, 7) is 2.76. The average Bonchev–Trinajstić information content (AvgIpc) is 2.80. The van der Waals surface area contributed by atoms with E-state index in [2.05, 4.69) is 17.2 Å². The van der Waals surface area contributed by atoms with E-state index in [-0.39, 0.29) is 6.04 Å². The summed E-state index contributed by atoms with van der Waals surface area (Å²) in [4.78, 5) is 0. The van der Waals surface area contributed by atoms with E-state index in [4.69, 9.17) is 10.5 Å². The Labute approximate surface area is 113 Å². The van der Waals surface area contributed by atoms with Crippen LogP contribution < -0.4 is 10.5 Å².